The molecule has 14 heteroatoms. The molecule has 41 heavy (non-hydrogen) atoms. The number of benzene rings is 1. The molecule has 0 heterocycles. The second-order valence-electron chi connectivity index (χ2n) is 12.0. The molecule has 4 rings (SSSR count). The molecule has 1 aromatic rings. The Bertz CT molecular complexity index is 1370. The number of Topliss-reactive ketones (excluding diaryl/α,β-unsaturated/α-hetero) is 4. The summed E-state index contributed by atoms with van der Waals surface area (Å²) in [4.78, 5) is 84.9. The second kappa shape index (κ2) is 10.4. The van der Waals surface area contributed by atoms with E-state index in [4.69, 9.17) is 10.6 Å². The molecule has 6 N–H and O–H groups in total. The number of halogens is 1. The van der Waals surface area contributed by atoms with E-state index in [9.17, 15) is 39.0 Å². The summed E-state index contributed by atoms with van der Waals surface area (Å²) < 4.78 is 15.3. The number of phenols is 1. The van der Waals surface area contributed by atoms with Crippen molar-refractivity contribution in [1.29, 1.82) is 0 Å². The first-order chi connectivity index (χ1) is 18.9. The monoisotopic (exact) mass is 576 g/mol. The number of likely N-dealkylation sites (N-methyl/N-ethyl adjacent to an activating group) is 1. The van der Waals surface area contributed by atoms with Crippen molar-refractivity contribution in [3.05, 3.63) is 23.0 Å². The number of hydrogen-bond donors (Lipinski definition) is 5. The lowest BCUT2D eigenvalue weighted by Crippen LogP contribution is -2.74. The first-order valence-corrected chi connectivity index (χ1v) is 13.0. The summed E-state index contributed by atoms with van der Waals surface area (Å²) in [6.45, 7) is 4.83. The molecule has 1 aromatic carbocycles. The Morgan fingerprint density at radius 1 is 1.20 bits per heavy atom. The van der Waals surface area contributed by atoms with Crippen LogP contribution in [0.25, 0.3) is 0 Å². The molecule has 0 bridgehead atoms. The van der Waals surface area contributed by atoms with E-state index in [2.05, 4.69) is 10.8 Å². The Hall–Kier alpha value is -3.59. The summed E-state index contributed by atoms with van der Waals surface area (Å²) in [6.07, 6.45) is -0.442. The lowest BCUT2D eigenvalue weighted by atomic mass is 9.52. The third-order valence-corrected chi connectivity index (χ3v) is 7.89. The molecule has 0 spiro atoms. The van der Waals surface area contributed by atoms with Gasteiger partial charge in [-0.1, -0.05) is 0 Å². The number of carbonyl (C=O) groups excluding carboxylic acids is 6. The number of rotatable bonds is 6. The summed E-state index contributed by atoms with van der Waals surface area (Å²) in [7, 11) is 2.93. The first kappa shape index (κ1) is 30.4. The number of aromatic hydroxyl groups is 1. The number of fused-ring (bicyclic) bond motifs is 3. The molecule has 2 amide bonds. The van der Waals surface area contributed by atoms with Crippen LogP contribution < -0.4 is 16.5 Å². The zero-order chi connectivity index (χ0) is 30.8. The Morgan fingerprint density at radius 2 is 1.83 bits per heavy atom. The van der Waals surface area contributed by atoms with Gasteiger partial charge in [0.15, 0.2) is 34.7 Å². The fraction of sp³-hybridized carbons (Fsp3) is 0.556. The maximum absolute atomic E-state index is 15.3. The highest BCUT2D eigenvalue weighted by molar-refractivity contribution is 6.32. The molecule has 0 radical (unpaired) electrons. The molecule has 2 saturated carbocycles. The van der Waals surface area contributed by atoms with Crippen molar-refractivity contribution >= 4 is 40.6 Å². The van der Waals surface area contributed by atoms with Crippen molar-refractivity contribution < 1.29 is 48.2 Å². The molecule has 222 valence electrons. The normalized spacial score (nSPS) is 29.6. The Balaban J connectivity index is 1.71. The highest BCUT2D eigenvalue weighted by Crippen LogP contribution is 2.51. The van der Waals surface area contributed by atoms with Crippen LogP contribution in [0.4, 0.5) is 10.1 Å². The molecule has 2 unspecified atom stereocenters. The number of primary amides is 1. The minimum absolute atomic E-state index is 0.205. The number of nitrogens with one attached hydrogen (secondary N) is 2. The number of aliphatic hydroxyl groups is 1. The number of hydroxylamine groups is 1. The van der Waals surface area contributed by atoms with Gasteiger partial charge in [0.25, 0.3) is 0 Å². The average Bonchev–Trinajstić information content (AvgIpc) is 2.83. The molecule has 13 nitrogen and oxygen atoms in total. The summed E-state index contributed by atoms with van der Waals surface area (Å²) in [5, 5.41) is 24.8. The quantitative estimate of drug-likeness (QED) is 0.162. The summed E-state index contributed by atoms with van der Waals surface area (Å²) in [5.74, 6) is -14.4. The van der Waals surface area contributed by atoms with Crippen LogP contribution in [0, 0.1) is 29.5 Å². The molecule has 6 atom stereocenters. The molecule has 2 fully saturated rings. The maximum Gasteiger partial charge on any atom is 0.240 e. The second-order valence-corrected chi connectivity index (χ2v) is 12.0. The van der Waals surface area contributed by atoms with Gasteiger partial charge >= 0.3 is 0 Å². The van der Waals surface area contributed by atoms with Crippen LogP contribution in [-0.4, -0.2) is 87.9 Å². The first-order valence-electron chi connectivity index (χ1n) is 13.0. The van der Waals surface area contributed by atoms with Crippen molar-refractivity contribution in [1.82, 2.24) is 10.4 Å². The zero-order valence-corrected chi connectivity index (χ0v) is 23.2. The molecule has 3 aliphatic rings. The van der Waals surface area contributed by atoms with Gasteiger partial charge in [0.1, 0.15) is 18.1 Å². The van der Waals surface area contributed by atoms with Crippen LogP contribution in [0.2, 0.25) is 0 Å². The standard InChI is InChI=1S/C27H33FN4O9/c1-26(2,3)41-30-9-15(33)31-14-8-13(28)11-6-10-7-12-19(32(4)5)22(36)18(25(29)39)24(38)27(12,40)23(37)16(10)21(35)17(11)20(14)34/h8,10,12,16,18-19,30,34,40H,6-7,9H2,1-5H3,(H2,29,39)(H,31,33)/t10-,12-,16?,18?,19-,27-/m0/s1. The highest BCUT2D eigenvalue weighted by Gasteiger charge is 2.69. The molecule has 0 aromatic heterocycles. The fourth-order valence-corrected chi connectivity index (χ4v) is 6.23. The van der Waals surface area contributed by atoms with Gasteiger partial charge in [0, 0.05) is 17.5 Å². The topological polar surface area (TPSA) is 205 Å². The summed E-state index contributed by atoms with van der Waals surface area (Å²) in [5.41, 5.74) is 3.02. The zero-order valence-electron chi connectivity index (χ0n) is 23.2. The van der Waals surface area contributed by atoms with E-state index in [1.165, 1.54) is 19.0 Å². The van der Waals surface area contributed by atoms with Gasteiger partial charge in [-0.3, -0.25) is 38.5 Å². The Labute approximate surface area is 234 Å². The van der Waals surface area contributed by atoms with Crippen LogP contribution >= 0.6 is 0 Å². The van der Waals surface area contributed by atoms with Crippen LogP contribution in [0.5, 0.6) is 5.75 Å². The van der Waals surface area contributed by atoms with E-state index in [-0.39, 0.29) is 24.9 Å². The number of nitrogens with zero attached hydrogens (tertiary/aromatic N) is 1. The van der Waals surface area contributed by atoms with E-state index >= 15 is 4.39 Å². The van der Waals surface area contributed by atoms with Gasteiger partial charge < -0.3 is 21.3 Å². The fourth-order valence-electron chi connectivity index (χ4n) is 6.23. The predicted molar refractivity (Wildman–Crippen MR) is 139 cm³/mol. The summed E-state index contributed by atoms with van der Waals surface area (Å²) >= 11 is 0. The predicted octanol–water partition coefficient (Wildman–Crippen LogP) is -0.736. The van der Waals surface area contributed by atoms with Gasteiger partial charge in [-0.05, 0) is 53.6 Å². The molecule has 0 saturated heterocycles. The Morgan fingerprint density at radius 3 is 2.39 bits per heavy atom. The van der Waals surface area contributed by atoms with Crippen LogP contribution in [0.15, 0.2) is 6.07 Å². The van der Waals surface area contributed by atoms with Crippen molar-refractivity contribution in [3.63, 3.8) is 0 Å². The number of hydrogen-bond acceptors (Lipinski definition) is 11. The number of amides is 2. The molecular formula is C27H33FN4O9. The smallest absolute Gasteiger partial charge is 0.240 e. The molecule has 0 aliphatic heterocycles. The van der Waals surface area contributed by atoms with Gasteiger partial charge in [-0.25, -0.2) is 4.39 Å². The van der Waals surface area contributed by atoms with E-state index in [1.54, 1.807) is 20.8 Å². The largest absolute Gasteiger partial charge is 0.505 e. The minimum atomic E-state index is -2.89. The number of ketones is 4. The number of anilines is 1. The number of nitrogens with two attached hydrogens (primary N) is 1. The van der Waals surface area contributed by atoms with Crippen LogP contribution in [0.1, 0.15) is 43.1 Å². The van der Waals surface area contributed by atoms with E-state index in [1.807, 2.05) is 0 Å². The van der Waals surface area contributed by atoms with Crippen LogP contribution in [0.3, 0.4) is 0 Å². The Kier molecular flexibility index (Phi) is 7.67. The number of carbonyl (C=O) groups is 6. The van der Waals surface area contributed by atoms with Crippen molar-refractivity contribution in [2.75, 3.05) is 26.0 Å². The van der Waals surface area contributed by atoms with Crippen LogP contribution in [-0.2, 0) is 35.2 Å². The summed E-state index contributed by atoms with van der Waals surface area (Å²) in [6, 6.07) is -0.415. The minimum Gasteiger partial charge on any atom is -0.505 e. The lowest BCUT2D eigenvalue weighted by Gasteiger charge is -2.52. The molecular weight excluding hydrogens is 543 g/mol. The SMILES string of the molecule is CN(C)[C@@H]1C(=O)C(C(N)=O)C(=O)[C@@]2(O)C(=O)C3C(=O)c4c(O)c(NC(=O)CNOC(C)(C)C)cc(F)c4C[C@H]3C[C@@H]12. The maximum atomic E-state index is 15.3. The molecule has 3 aliphatic carbocycles. The highest BCUT2D eigenvalue weighted by atomic mass is 19.1. The van der Waals surface area contributed by atoms with Gasteiger partial charge in [0.2, 0.25) is 11.8 Å². The van der Waals surface area contributed by atoms with E-state index in [0.717, 1.165) is 6.07 Å². The average molecular weight is 577 g/mol. The van der Waals surface area contributed by atoms with Crippen molar-refractivity contribution in [2.24, 2.45) is 29.4 Å². The third-order valence-electron chi connectivity index (χ3n) is 7.89. The van der Waals surface area contributed by atoms with Crippen molar-refractivity contribution in [3.8, 4) is 5.75 Å². The van der Waals surface area contributed by atoms with Gasteiger partial charge in [0.05, 0.1) is 28.8 Å². The van der Waals surface area contributed by atoms with E-state index in [0.29, 0.717) is 0 Å². The van der Waals surface area contributed by atoms with E-state index < -0.39 is 98.7 Å². The third kappa shape index (κ3) is 4.94. The van der Waals surface area contributed by atoms with Gasteiger partial charge in [-0.15, -0.1) is 0 Å². The van der Waals surface area contributed by atoms with Gasteiger partial charge in [-0.2, -0.15) is 5.48 Å². The number of phenolic OH excluding ortho intramolecular Hbond substituents is 1. The van der Waals surface area contributed by atoms with Crippen molar-refractivity contribution in [2.45, 2.75) is 50.9 Å². The lowest BCUT2D eigenvalue weighted by molar-refractivity contribution is -0.181.